The number of ether oxygens (including phenoxy) is 2. The van der Waals surface area contributed by atoms with Crippen LogP contribution in [0, 0.1) is 6.92 Å². The smallest absolute Gasteiger partial charge is 0.416 e. The van der Waals surface area contributed by atoms with E-state index in [1.54, 1.807) is 24.3 Å². The lowest BCUT2D eigenvalue weighted by atomic mass is 10.1. The van der Waals surface area contributed by atoms with Crippen molar-refractivity contribution in [3.05, 3.63) is 101 Å². The van der Waals surface area contributed by atoms with Gasteiger partial charge in [-0.15, -0.1) is 0 Å². The van der Waals surface area contributed by atoms with E-state index in [0.29, 0.717) is 50.8 Å². The monoisotopic (exact) mass is 656 g/mol. The van der Waals surface area contributed by atoms with E-state index in [9.17, 15) is 26.7 Å². The molecule has 3 aromatic carbocycles. The molecule has 2 atom stereocenters. The number of nitrogens with zero attached hydrogens (tertiary/aromatic N) is 4. The maximum atomic E-state index is 12.9. The van der Waals surface area contributed by atoms with Crippen molar-refractivity contribution in [2.45, 2.75) is 32.3 Å². The Morgan fingerprint density at radius 2 is 1.70 bits per heavy atom. The van der Waals surface area contributed by atoms with E-state index >= 15 is 0 Å². The molecule has 13 heteroatoms. The first-order chi connectivity index (χ1) is 22.0. The number of aryl methyl sites for hydroxylation is 1. The highest BCUT2D eigenvalue weighted by Gasteiger charge is 2.33. The number of alkyl halides is 3. The van der Waals surface area contributed by atoms with Gasteiger partial charge in [-0.25, -0.2) is 4.21 Å². The van der Waals surface area contributed by atoms with Gasteiger partial charge in [0.1, 0.15) is 18.4 Å². The summed E-state index contributed by atoms with van der Waals surface area (Å²) in [5, 5.41) is 1.00. The van der Waals surface area contributed by atoms with Crippen LogP contribution in [0.25, 0.3) is 10.9 Å². The van der Waals surface area contributed by atoms with E-state index < -0.39 is 35.0 Å². The molecule has 1 aromatic heterocycles. The molecule has 244 valence electrons. The van der Waals surface area contributed by atoms with E-state index in [1.807, 2.05) is 42.2 Å². The molecule has 9 nitrogen and oxygen atoms in total. The molecule has 2 unspecified atom stereocenters. The molecular formula is C33H35F3N4O5S. The summed E-state index contributed by atoms with van der Waals surface area (Å²) in [5.74, 6) is 0.0334. The fraction of sp³-hybridized carbons (Fsp3) is 0.333. The summed E-state index contributed by atoms with van der Waals surface area (Å²) in [7, 11) is 1.27. The average molecular weight is 657 g/mol. The first-order valence-electron chi connectivity index (χ1n) is 14.7. The number of hydrogen-bond donors (Lipinski definition) is 1. The minimum atomic E-state index is -4.38. The van der Waals surface area contributed by atoms with Gasteiger partial charge < -0.3 is 9.47 Å². The largest absolute Gasteiger partial charge is 0.489 e. The SMILES string of the molecule is COC(=O)C(CN(c1ccc(OCc2cc(C)nc3ccccc23)cc1)S(=O)O)N1CCN(Cc2ccc(C(F)(F)F)cc2)CC1. The van der Waals surface area contributed by atoms with Crippen molar-refractivity contribution in [1.29, 1.82) is 0 Å². The lowest BCUT2D eigenvalue weighted by molar-refractivity contribution is -0.147. The van der Waals surface area contributed by atoms with Crippen molar-refractivity contribution < 1.29 is 36.2 Å². The number of benzene rings is 3. The number of carbonyl (C=O) groups excluding carboxylic acids is 1. The van der Waals surface area contributed by atoms with Gasteiger partial charge in [0.25, 0.3) is 11.3 Å². The summed E-state index contributed by atoms with van der Waals surface area (Å²) in [6, 6.07) is 20.8. The zero-order valence-electron chi connectivity index (χ0n) is 25.4. The predicted molar refractivity (Wildman–Crippen MR) is 169 cm³/mol. The highest BCUT2D eigenvalue weighted by atomic mass is 32.2. The zero-order chi connectivity index (χ0) is 32.8. The molecule has 0 aliphatic carbocycles. The fourth-order valence-corrected chi connectivity index (χ4v) is 6.14. The lowest BCUT2D eigenvalue weighted by Crippen LogP contribution is -2.56. The van der Waals surface area contributed by atoms with Gasteiger partial charge in [0.2, 0.25) is 0 Å². The number of fused-ring (bicyclic) bond motifs is 1. The van der Waals surface area contributed by atoms with Crippen LogP contribution in [0.2, 0.25) is 0 Å². The third-order valence-corrected chi connectivity index (χ3v) is 8.72. The minimum Gasteiger partial charge on any atom is -0.489 e. The van der Waals surface area contributed by atoms with Crippen LogP contribution in [0.5, 0.6) is 5.75 Å². The molecule has 1 aliphatic rings. The second-order valence-corrected chi connectivity index (χ2v) is 12.0. The van der Waals surface area contributed by atoms with Gasteiger partial charge >= 0.3 is 12.1 Å². The van der Waals surface area contributed by atoms with Crippen molar-refractivity contribution in [2.24, 2.45) is 0 Å². The van der Waals surface area contributed by atoms with E-state index in [0.717, 1.165) is 39.9 Å². The van der Waals surface area contributed by atoms with Gasteiger partial charge in [-0.3, -0.25) is 28.4 Å². The number of carbonyl (C=O) groups is 1. The predicted octanol–water partition coefficient (Wildman–Crippen LogP) is 5.44. The van der Waals surface area contributed by atoms with E-state index in [2.05, 4.69) is 9.88 Å². The fourth-order valence-electron chi connectivity index (χ4n) is 5.57. The molecule has 46 heavy (non-hydrogen) atoms. The molecule has 0 saturated carbocycles. The third-order valence-electron chi connectivity index (χ3n) is 7.98. The normalized spacial score (nSPS) is 15.8. The van der Waals surface area contributed by atoms with Crippen molar-refractivity contribution in [1.82, 2.24) is 14.8 Å². The topological polar surface area (TPSA) is 95.4 Å². The number of rotatable bonds is 11. The van der Waals surface area contributed by atoms with Crippen LogP contribution in [0.4, 0.5) is 18.9 Å². The highest BCUT2D eigenvalue weighted by Crippen LogP contribution is 2.29. The number of anilines is 1. The Balaban J connectivity index is 1.21. The van der Waals surface area contributed by atoms with Gasteiger partial charge in [-0.2, -0.15) is 13.2 Å². The van der Waals surface area contributed by atoms with Crippen molar-refractivity contribution in [2.75, 3.05) is 44.1 Å². The lowest BCUT2D eigenvalue weighted by Gasteiger charge is -2.39. The van der Waals surface area contributed by atoms with Gasteiger partial charge in [0.15, 0.2) is 0 Å². The van der Waals surface area contributed by atoms with Crippen molar-refractivity contribution in [3.8, 4) is 5.75 Å². The molecule has 1 saturated heterocycles. The molecule has 4 aromatic rings. The zero-order valence-corrected chi connectivity index (χ0v) is 26.3. The van der Waals surface area contributed by atoms with Crippen molar-refractivity contribution in [3.63, 3.8) is 0 Å². The van der Waals surface area contributed by atoms with Gasteiger partial charge in [0, 0.05) is 49.4 Å². The van der Waals surface area contributed by atoms with Gasteiger partial charge in [-0.1, -0.05) is 30.3 Å². The standard InChI is InChI=1S/C33H35F3N4O5S/c1-23-19-25(29-5-3-4-6-30(29)37-23)22-45-28-13-11-27(12-14-28)40(46(42)43)21-31(32(41)44-2)39-17-15-38(16-18-39)20-24-7-9-26(10-8-24)33(34,35)36/h3-14,19,31H,15-18,20-22H2,1-2H3,(H,42,43). The molecule has 0 spiro atoms. The quantitative estimate of drug-likeness (QED) is 0.169. The van der Waals surface area contributed by atoms with Crippen LogP contribution in [0.1, 0.15) is 22.4 Å². The summed E-state index contributed by atoms with van der Waals surface area (Å²) in [6.07, 6.45) is -4.38. The highest BCUT2D eigenvalue weighted by molar-refractivity contribution is 7.80. The number of pyridine rings is 1. The first-order valence-corrected chi connectivity index (χ1v) is 15.7. The Labute approximate surface area is 267 Å². The second-order valence-electron chi connectivity index (χ2n) is 11.1. The summed E-state index contributed by atoms with van der Waals surface area (Å²) in [4.78, 5) is 21.4. The Bertz CT molecular complexity index is 1660. The number of halogens is 3. The molecule has 1 fully saturated rings. The van der Waals surface area contributed by atoms with Crippen LogP contribution in [0.3, 0.4) is 0 Å². The molecule has 1 N–H and O–H groups in total. The van der Waals surface area contributed by atoms with Crippen molar-refractivity contribution >= 4 is 33.8 Å². The number of hydrogen-bond acceptors (Lipinski definition) is 7. The minimum absolute atomic E-state index is 0.100. The van der Waals surface area contributed by atoms with E-state index in [-0.39, 0.29) is 6.54 Å². The molecule has 0 radical (unpaired) electrons. The summed E-state index contributed by atoms with van der Waals surface area (Å²) in [6.45, 7) is 4.63. The average Bonchev–Trinajstić information content (AvgIpc) is 3.04. The van der Waals surface area contributed by atoms with Crippen LogP contribution in [0.15, 0.2) is 78.9 Å². The Hall–Kier alpha value is -4.04. The number of methoxy groups -OCH3 is 1. The number of esters is 1. The van der Waals surface area contributed by atoms with E-state index in [1.165, 1.54) is 23.5 Å². The maximum absolute atomic E-state index is 12.9. The van der Waals surface area contributed by atoms with Crippen LogP contribution >= 0.6 is 0 Å². The van der Waals surface area contributed by atoms with Gasteiger partial charge in [-0.05, 0) is 61.0 Å². The van der Waals surface area contributed by atoms with Crippen LogP contribution in [-0.2, 0) is 40.1 Å². The Morgan fingerprint density at radius 3 is 2.33 bits per heavy atom. The molecule has 5 rings (SSSR count). The van der Waals surface area contributed by atoms with Crippen LogP contribution < -0.4 is 9.04 Å². The number of aromatic nitrogens is 1. The second kappa shape index (κ2) is 14.6. The molecule has 1 aliphatic heterocycles. The summed E-state index contributed by atoms with van der Waals surface area (Å²) >= 11 is -2.44. The molecule has 0 amide bonds. The third kappa shape index (κ3) is 8.21. The molecule has 2 heterocycles. The number of piperazine rings is 1. The summed E-state index contributed by atoms with van der Waals surface area (Å²) in [5.41, 5.74) is 3.25. The van der Waals surface area contributed by atoms with Gasteiger partial charge in [0.05, 0.1) is 30.4 Å². The summed E-state index contributed by atoms with van der Waals surface area (Å²) < 4.78 is 73.7. The maximum Gasteiger partial charge on any atom is 0.416 e. The Kier molecular flexibility index (Phi) is 10.6. The first kappa shape index (κ1) is 33.3. The molecule has 0 bridgehead atoms. The van der Waals surface area contributed by atoms with Crippen LogP contribution in [-0.4, -0.2) is 75.4 Å². The Morgan fingerprint density at radius 1 is 1.02 bits per heavy atom. The molecular weight excluding hydrogens is 621 g/mol. The number of para-hydroxylation sites is 1. The van der Waals surface area contributed by atoms with E-state index in [4.69, 9.17) is 9.47 Å².